The second kappa shape index (κ2) is 9.16. The first-order chi connectivity index (χ1) is 15.7. The average Bonchev–Trinajstić information content (AvgIpc) is 2.75. The van der Waals surface area contributed by atoms with Crippen LogP contribution in [0.5, 0.6) is 0 Å². The molecule has 170 valence electrons. The number of halogens is 2. The summed E-state index contributed by atoms with van der Waals surface area (Å²) in [6.07, 6.45) is 1.74. The van der Waals surface area contributed by atoms with E-state index in [4.69, 9.17) is 23.2 Å². The molecule has 1 amide bonds. The van der Waals surface area contributed by atoms with E-state index >= 15 is 0 Å². The van der Waals surface area contributed by atoms with Gasteiger partial charge in [-0.05, 0) is 66.4 Å². The molecule has 1 aliphatic heterocycles. The fourth-order valence-electron chi connectivity index (χ4n) is 4.74. The highest BCUT2D eigenvalue weighted by Gasteiger charge is 2.51. The van der Waals surface area contributed by atoms with E-state index < -0.39 is 17.4 Å². The standard InChI is InChI=1S/C26H24Cl2N2O3/c1-16-10-11-29-22(12-16)30-24(17-6-8-19(27)9-7-17)21(18-4-3-5-20(28)13-18)14-26(2,25(30)33)15-23(31)32/h3-13,21,24H,14-15H2,1-2H3,(H,31,32)/t21?,24-,26-/m1/s1. The summed E-state index contributed by atoms with van der Waals surface area (Å²) in [5.74, 6) is -1.00. The maximum Gasteiger partial charge on any atom is 0.304 e. The zero-order valence-corrected chi connectivity index (χ0v) is 19.8. The van der Waals surface area contributed by atoms with Crippen LogP contribution in [-0.4, -0.2) is 22.0 Å². The molecule has 1 N–H and O–H groups in total. The Morgan fingerprint density at radius 1 is 1.09 bits per heavy atom. The molecule has 0 spiro atoms. The van der Waals surface area contributed by atoms with E-state index in [2.05, 4.69) is 4.98 Å². The largest absolute Gasteiger partial charge is 0.481 e. The Balaban J connectivity index is 1.96. The normalized spacial score (nSPS) is 22.9. The van der Waals surface area contributed by atoms with Crippen LogP contribution in [0.3, 0.4) is 0 Å². The van der Waals surface area contributed by atoms with Crippen molar-refractivity contribution in [3.63, 3.8) is 0 Å². The van der Waals surface area contributed by atoms with Gasteiger partial charge in [0.15, 0.2) is 0 Å². The summed E-state index contributed by atoms with van der Waals surface area (Å²) in [5.41, 5.74) is 1.66. The number of rotatable bonds is 5. The number of amides is 1. The third kappa shape index (κ3) is 4.75. The first-order valence-electron chi connectivity index (χ1n) is 10.7. The minimum Gasteiger partial charge on any atom is -0.481 e. The number of carboxylic acids is 1. The summed E-state index contributed by atoms with van der Waals surface area (Å²) < 4.78 is 0. The highest BCUT2D eigenvalue weighted by molar-refractivity contribution is 6.30. The van der Waals surface area contributed by atoms with Gasteiger partial charge in [0, 0.05) is 22.2 Å². The van der Waals surface area contributed by atoms with Crippen molar-refractivity contribution in [2.24, 2.45) is 5.41 Å². The predicted molar refractivity (Wildman–Crippen MR) is 130 cm³/mol. The van der Waals surface area contributed by atoms with Gasteiger partial charge in [-0.25, -0.2) is 4.98 Å². The molecule has 2 aromatic carbocycles. The Labute approximate surface area is 203 Å². The minimum atomic E-state index is -1.12. The van der Waals surface area contributed by atoms with E-state index in [1.54, 1.807) is 36.2 Å². The number of carbonyl (C=O) groups excluding carboxylic acids is 1. The average molecular weight is 483 g/mol. The number of benzene rings is 2. The highest BCUT2D eigenvalue weighted by Crippen LogP contribution is 2.52. The molecule has 2 heterocycles. The molecule has 7 heteroatoms. The summed E-state index contributed by atoms with van der Waals surface area (Å²) in [7, 11) is 0. The first kappa shape index (κ1) is 23.3. The molecule has 1 aromatic heterocycles. The van der Waals surface area contributed by atoms with Crippen LogP contribution in [0.1, 0.15) is 48.4 Å². The molecule has 1 fully saturated rings. The van der Waals surface area contributed by atoms with Gasteiger partial charge >= 0.3 is 5.97 Å². The lowest BCUT2D eigenvalue weighted by atomic mass is 9.67. The van der Waals surface area contributed by atoms with Crippen molar-refractivity contribution in [2.75, 3.05) is 4.90 Å². The molecule has 0 aliphatic carbocycles. The van der Waals surface area contributed by atoms with Crippen LogP contribution in [0.15, 0.2) is 66.9 Å². The number of pyridine rings is 1. The summed E-state index contributed by atoms with van der Waals surface area (Å²) >= 11 is 12.5. The van der Waals surface area contributed by atoms with Crippen molar-refractivity contribution in [1.82, 2.24) is 4.98 Å². The maximum absolute atomic E-state index is 14.0. The summed E-state index contributed by atoms with van der Waals surface area (Å²) in [6.45, 7) is 3.66. The van der Waals surface area contributed by atoms with Gasteiger partial charge in [0.25, 0.3) is 0 Å². The number of aliphatic carboxylic acids is 1. The second-order valence-corrected chi connectivity index (χ2v) is 9.73. The Hall–Kier alpha value is -2.89. The number of hydrogen-bond donors (Lipinski definition) is 1. The highest BCUT2D eigenvalue weighted by atomic mass is 35.5. The van der Waals surface area contributed by atoms with Crippen LogP contribution in [-0.2, 0) is 9.59 Å². The van der Waals surface area contributed by atoms with Gasteiger partial charge in [0.2, 0.25) is 5.91 Å². The lowest BCUT2D eigenvalue weighted by Gasteiger charge is -2.48. The Bertz CT molecular complexity index is 1200. The van der Waals surface area contributed by atoms with Gasteiger partial charge in [-0.3, -0.25) is 14.5 Å². The van der Waals surface area contributed by atoms with E-state index in [0.717, 1.165) is 16.7 Å². The second-order valence-electron chi connectivity index (χ2n) is 8.86. The molecular formula is C26H24Cl2N2O3. The van der Waals surface area contributed by atoms with E-state index in [-0.39, 0.29) is 18.2 Å². The van der Waals surface area contributed by atoms with Crippen molar-refractivity contribution < 1.29 is 14.7 Å². The molecular weight excluding hydrogens is 459 g/mol. The first-order valence-corrected chi connectivity index (χ1v) is 11.4. The number of aromatic nitrogens is 1. The number of piperidine rings is 1. The van der Waals surface area contributed by atoms with Crippen LogP contribution < -0.4 is 4.90 Å². The lowest BCUT2D eigenvalue weighted by Crippen LogP contribution is -2.53. The molecule has 1 unspecified atom stereocenters. The Morgan fingerprint density at radius 2 is 1.82 bits per heavy atom. The molecule has 0 saturated carbocycles. The lowest BCUT2D eigenvalue weighted by molar-refractivity contribution is -0.145. The van der Waals surface area contributed by atoms with E-state index in [0.29, 0.717) is 22.3 Å². The van der Waals surface area contributed by atoms with Crippen LogP contribution in [0.2, 0.25) is 10.0 Å². The van der Waals surface area contributed by atoms with E-state index in [1.165, 1.54) is 0 Å². The van der Waals surface area contributed by atoms with Crippen molar-refractivity contribution in [1.29, 1.82) is 0 Å². The van der Waals surface area contributed by atoms with Crippen molar-refractivity contribution in [2.45, 2.75) is 38.6 Å². The zero-order valence-electron chi connectivity index (χ0n) is 18.3. The molecule has 33 heavy (non-hydrogen) atoms. The van der Waals surface area contributed by atoms with Crippen molar-refractivity contribution in [3.05, 3.63) is 93.6 Å². The van der Waals surface area contributed by atoms with Crippen LogP contribution in [0, 0.1) is 12.3 Å². The van der Waals surface area contributed by atoms with Crippen molar-refractivity contribution >= 4 is 40.9 Å². The van der Waals surface area contributed by atoms with Crippen LogP contribution in [0.25, 0.3) is 0 Å². The third-order valence-electron chi connectivity index (χ3n) is 6.24. The number of carboxylic acid groups (broad SMARTS) is 1. The molecule has 5 nitrogen and oxygen atoms in total. The van der Waals surface area contributed by atoms with Crippen LogP contribution >= 0.6 is 23.2 Å². The van der Waals surface area contributed by atoms with Gasteiger partial charge in [-0.15, -0.1) is 0 Å². The van der Waals surface area contributed by atoms with E-state index in [1.807, 2.05) is 49.4 Å². The molecule has 4 rings (SSSR count). The fraction of sp³-hybridized carbons (Fsp3) is 0.269. The summed E-state index contributed by atoms with van der Waals surface area (Å²) in [4.78, 5) is 31.9. The van der Waals surface area contributed by atoms with Gasteiger partial charge in [0.1, 0.15) is 5.82 Å². The van der Waals surface area contributed by atoms with Gasteiger partial charge < -0.3 is 5.11 Å². The molecule has 1 aliphatic rings. The predicted octanol–water partition coefficient (Wildman–Crippen LogP) is 6.44. The minimum absolute atomic E-state index is 0.214. The number of aryl methyl sites for hydroxylation is 1. The Morgan fingerprint density at radius 3 is 2.45 bits per heavy atom. The SMILES string of the molecule is Cc1ccnc(N2C(=O)[C@@](C)(CC(=O)O)CC(c3cccc(Cl)c3)[C@H]2c2ccc(Cl)cc2)c1. The molecule has 1 saturated heterocycles. The van der Waals surface area contributed by atoms with Crippen LogP contribution in [0.4, 0.5) is 5.82 Å². The molecule has 0 radical (unpaired) electrons. The third-order valence-corrected chi connectivity index (χ3v) is 6.73. The van der Waals surface area contributed by atoms with E-state index in [9.17, 15) is 14.7 Å². The molecule has 0 bridgehead atoms. The monoisotopic (exact) mass is 482 g/mol. The maximum atomic E-state index is 14.0. The number of anilines is 1. The Kier molecular flexibility index (Phi) is 6.46. The quantitative estimate of drug-likeness (QED) is 0.454. The van der Waals surface area contributed by atoms with Crippen molar-refractivity contribution in [3.8, 4) is 0 Å². The summed E-state index contributed by atoms with van der Waals surface area (Å²) in [6, 6.07) is 18.2. The molecule has 3 atom stereocenters. The fourth-order valence-corrected chi connectivity index (χ4v) is 5.06. The molecule has 3 aromatic rings. The smallest absolute Gasteiger partial charge is 0.304 e. The van der Waals surface area contributed by atoms with Gasteiger partial charge in [-0.1, -0.05) is 54.4 Å². The number of hydrogen-bond acceptors (Lipinski definition) is 3. The zero-order chi connectivity index (χ0) is 23.8. The van der Waals surface area contributed by atoms with Gasteiger partial charge in [0.05, 0.1) is 17.9 Å². The number of nitrogens with zero attached hydrogens (tertiary/aromatic N) is 2. The topological polar surface area (TPSA) is 70.5 Å². The van der Waals surface area contributed by atoms with Gasteiger partial charge in [-0.2, -0.15) is 0 Å². The number of carbonyl (C=O) groups is 2. The summed E-state index contributed by atoms with van der Waals surface area (Å²) in [5, 5.41) is 10.8.